The standard InChI is InChI=1S/C16H17N3O3/c20-15-8-13(16(21)22)10-19(15)11-14-17-6-7-18(14)9-12-4-2-1-3-5-12/h1-7,13H,8-11H2,(H,21,22)/t13-/m1/s1. The van der Waals surface area contributed by atoms with Crippen molar-refractivity contribution in [2.75, 3.05) is 6.54 Å². The Morgan fingerprint density at radius 2 is 2.05 bits per heavy atom. The molecule has 2 heterocycles. The highest BCUT2D eigenvalue weighted by molar-refractivity contribution is 5.85. The molecule has 6 heteroatoms. The van der Waals surface area contributed by atoms with Gasteiger partial charge >= 0.3 is 5.97 Å². The molecule has 1 fully saturated rings. The van der Waals surface area contributed by atoms with Crippen molar-refractivity contribution in [3.05, 3.63) is 54.1 Å². The van der Waals surface area contributed by atoms with Gasteiger partial charge in [0, 0.05) is 31.9 Å². The smallest absolute Gasteiger partial charge is 0.308 e. The summed E-state index contributed by atoms with van der Waals surface area (Å²) in [6, 6.07) is 9.99. The predicted molar refractivity (Wildman–Crippen MR) is 78.9 cm³/mol. The van der Waals surface area contributed by atoms with E-state index in [2.05, 4.69) is 4.98 Å². The molecular weight excluding hydrogens is 282 g/mol. The molecule has 0 radical (unpaired) electrons. The summed E-state index contributed by atoms with van der Waals surface area (Å²) >= 11 is 0. The molecule has 2 aromatic rings. The van der Waals surface area contributed by atoms with E-state index in [1.807, 2.05) is 41.1 Å². The lowest BCUT2D eigenvalue weighted by Gasteiger charge is -2.16. The second-order valence-electron chi connectivity index (χ2n) is 5.47. The van der Waals surface area contributed by atoms with E-state index >= 15 is 0 Å². The Labute approximate surface area is 128 Å². The van der Waals surface area contributed by atoms with Gasteiger partial charge in [-0.1, -0.05) is 30.3 Å². The molecule has 6 nitrogen and oxygen atoms in total. The topological polar surface area (TPSA) is 75.4 Å². The molecule has 1 aromatic heterocycles. The normalized spacial score (nSPS) is 17.9. The Balaban J connectivity index is 1.70. The lowest BCUT2D eigenvalue weighted by atomic mass is 10.1. The van der Waals surface area contributed by atoms with Gasteiger partial charge in [0.05, 0.1) is 12.5 Å². The van der Waals surface area contributed by atoms with Crippen LogP contribution in [-0.4, -0.2) is 38.0 Å². The molecule has 0 unspecified atom stereocenters. The first-order valence-corrected chi connectivity index (χ1v) is 7.18. The van der Waals surface area contributed by atoms with E-state index in [1.165, 1.54) is 0 Å². The number of carboxylic acids is 1. The predicted octanol–water partition coefficient (Wildman–Crippen LogP) is 1.36. The molecule has 1 amide bonds. The Morgan fingerprint density at radius 1 is 1.27 bits per heavy atom. The fourth-order valence-electron chi connectivity index (χ4n) is 2.68. The number of aromatic nitrogens is 2. The zero-order chi connectivity index (χ0) is 15.5. The van der Waals surface area contributed by atoms with Gasteiger partial charge in [0.1, 0.15) is 5.82 Å². The van der Waals surface area contributed by atoms with Gasteiger partial charge in [0.15, 0.2) is 0 Å². The van der Waals surface area contributed by atoms with Crippen molar-refractivity contribution in [2.45, 2.75) is 19.5 Å². The van der Waals surface area contributed by atoms with Crippen LogP contribution in [0.2, 0.25) is 0 Å². The molecule has 0 bridgehead atoms. The SMILES string of the molecule is O=C(O)[C@@H]1CC(=O)N(Cc2nccn2Cc2ccccc2)C1. The Bertz CT molecular complexity index is 681. The molecular formula is C16H17N3O3. The number of carbonyl (C=O) groups is 2. The molecule has 1 saturated heterocycles. The van der Waals surface area contributed by atoms with Gasteiger partial charge in [0.2, 0.25) is 5.91 Å². The van der Waals surface area contributed by atoms with Crippen molar-refractivity contribution in [3.8, 4) is 0 Å². The number of hydrogen-bond acceptors (Lipinski definition) is 3. The van der Waals surface area contributed by atoms with Gasteiger partial charge in [-0.15, -0.1) is 0 Å². The molecule has 3 rings (SSSR count). The van der Waals surface area contributed by atoms with Crippen molar-refractivity contribution in [3.63, 3.8) is 0 Å². The number of benzene rings is 1. The van der Waals surface area contributed by atoms with Crippen molar-refractivity contribution in [1.82, 2.24) is 14.5 Å². The quantitative estimate of drug-likeness (QED) is 0.904. The number of hydrogen-bond donors (Lipinski definition) is 1. The third kappa shape index (κ3) is 3.00. The van der Waals surface area contributed by atoms with Gasteiger partial charge in [0.25, 0.3) is 0 Å². The third-order valence-electron chi connectivity index (χ3n) is 3.89. The number of rotatable bonds is 5. The number of amides is 1. The van der Waals surface area contributed by atoms with Crippen molar-refractivity contribution < 1.29 is 14.7 Å². The first-order valence-electron chi connectivity index (χ1n) is 7.18. The Morgan fingerprint density at radius 3 is 2.73 bits per heavy atom. The van der Waals surface area contributed by atoms with Gasteiger partial charge in [-0.25, -0.2) is 4.98 Å². The molecule has 1 aromatic carbocycles. The van der Waals surface area contributed by atoms with Crippen LogP contribution in [0.1, 0.15) is 17.8 Å². The summed E-state index contributed by atoms with van der Waals surface area (Å²) in [6.45, 7) is 1.29. The number of aliphatic carboxylic acids is 1. The molecule has 1 N–H and O–H groups in total. The van der Waals surface area contributed by atoms with E-state index in [9.17, 15) is 9.59 Å². The molecule has 0 spiro atoms. The van der Waals surface area contributed by atoms with Gasteiger partial charge in [-0.3, -0.25) is 9.59 Å². The minimum absolute atomic E-state index is 0.0781. The lowest BCUT2D eigenvalue weighted by Crippen LogP contribution is -2.27. The number of carboxylic acid groups (broad SMARTS) is 1. The van der Waals surface area contributed by atoms with Crippen LogP contribution < -0.4 is 0 Å². The fourth-order valence-corrected chi connectivity index (χ4v) is 2.68. The molecule has 1 aliphatic heterocycles. The largest absolute Gasteiger partial charge is 0.481 e. The molecule has 1 atom stereocenters. The summed E-state index contributed by atoms with van der Waals surface area (Å²) in [5.41, 5.74) is 1.15. The second-order valence-corrected chi connectivity index (χ2v) is 5.47. The van der Waals surface area contributed by atoms with Crippen LogP contribution in [0.25, 0.3) is 0 Å². The molecule has 0 aliphatic carbocycles. The second kappa shape index (κ2) is 6.01. The summed E-state index contributed by atoms with van der Waals surface area (Å²) in [6.07, 6.45) is 3.65. The van der Waals surface area contributed by atoms with E-state index in [0.29, 0.717) is 13.1 Å². The Hall–Kier alpha value is -2.63. The van der Waals surface area contributed by atoms with Crippen LogP contribution in [0.4, 0.5) is 0 Å². The first-order chi connectivity index (χ1) is 10.6. The molecule has 1 aliphatic rings. The summed E-state index contributed by atoms with van der Waals surface area (Å²) < 4.78 is 1.98. The highest BCUT2D eigenvalue weighted by Gasteiger charge is 2.34. The van der Waals surface area contributed by atoms with Gasteiger partial charge < -0.3 is 14.6 Å². The number of likely N-dealkylation sites (tertiary alicyclic amines) is 1. The maximum absolute atomic E-state index is 11.9. The van der Waals surface area contributed by atoms with Crippen LogP contribution in [0.15, 0.2) is 42.7 Å². The van der Waals surface area contributed by atoms with Crippen LogP contribution in [0.3, 0.4) is 0 Å². The van der Waals surface area contributed by atoms with E-state index < -0.39 is 11.9 Å². The maximum Gasteiger partial charge on any atom is 0.308 e. The van der Waals surface area contributed by atoms with Crippen LogP contribution in [0, 0.1) is 5.92 Å². The van der Waals surface area contributed by atoms with Crippen LogP contribution >= 0.6 is 0 Å². The monoisotopic (exact) mass is 299 g/mol. The van der Waals surface area contributed by atoms with E-state index in [0.717, 1.165) is 11.4 Å². The van der Waals surface area contributed by atoms with Crippen LogP contribution in [-0.2, 0) is 22.7 Å². The number of imidazole rings is 1. The molecule has 114 valence electrons. The Kier molecular flexibility index (Phi) is 3.91. The van der Waals surface area contributed by atoms with E-state index in [4.69, 9.17) is 5.11 Å². The lowest BCUT2D eigenvalue weighted by molar-refractivity contribution is -0.141. The first kappa shape index (κ1) is 14.3. The van der Waals surface area contributed by atoms with E-state index in [-0.39, 0.29) is 18.9 Å². The molecule has 0 saturated carbocycles. The minimum Gasteiger partial charge on any atom is -0.481 e. The summed E-state index contributed by atoms with van der Waals surface area (Å²) in [7, 11) is 0. The average molecular weight is 299 g/mol. The maximum atomic E-state index is 11.9. The highest BCUT2D eigenvalue weighted by Crippen LogP contribution is 2.20. The highest BCUT2D eigenvalue weighted by atomic mass is 16.4. The number of carbonyl (C=O) groups excluding carboxylic acids is 1. The van der Waals surface area contributed by atoms with Crippen molar-refractivity contribution in [2.24, 2.45) is 5.92 Å². The third-order valence-corrected chi connectivity index (χ3v) is 3.89. The van der Waals surface area contributed by atoms with Gasteiger partial charge in [-0.05, 0) is 5.56 Å². The zero-order valence-corrected chi connectivity index (χ0v) is 12.1. The van der Waals surface area contributed by atoms with Gasteiger partial charge in [-0.2, -0.15) is 0 Å². The van der Waals surface area contributed by atoms with Crippen molar-refractivity contribution >= 4 is 11.9 Å². The zero-order valence-electron chi connectivity index (χ0n) is 12.1. The molecule has 22 heavy (non-hydrogen) atoms. The average Bonchev–Trinajstić information content (AvgIpc) is 3.08. The summed E-state index contributed by atoms with van der Waals surface area (Å²) in [5, 5.41) is 9.02. The van der Waals surface area contributed by atoms with Crippen LogP contribution in [0.5, 0.6) is 0 Å². The number of nitrogens with zero attached hydrogens (tertiary/aromatic N) is 3. The summed E-state index contributed by atoms with van der Waals surface area (Å²) in [4.78, 5) is 28.8. The fraction of sp³-hybridized carbons (Fsp3) is 0.312. The minimum atomic E-state index is -0.913. The summed E-state index contributed by atoms with van der Waals surface area (Å²) in [5.74, 6) is -0.876. The van der Waals surface area contributed by atoms with E-state index in [1.54, 1.807) is 11.1 Å². The van der Waals surface area contributed by atoms with Crippen molar-refractivity contribution in [1.29, 1.82) is 0 Å².